The number of hydrogen-bond acceptors (Lipinski definition) is 6. The Bertz CT molecular complexity index is 320. The Labute approximate surface area is 105 Å². The summed E-state index contributed by atoms with van der Waals surface area (Å²) in [5.74, 6) is 0.532. The molecule has 4 fully saturated rings. The van der Waals surface area contributed by atoms with Gasteiger partial charge in [0.2, 0.25) is 0 Å². The molecule has 0 aliphatic carbocycles. The highest BCUT2D eigenvalue weighted by Gasteiger charge is 2.40. The maximum atomic E-state index is 10.9. The van der Waals surface area contributed by atoms with Crippen LogP contribution in [0.15, 0.2) is 0 Å². The van der Waals surface area contributed by atoms with Gasteiger partial charge in [-0.15, -0.1) is 0 Å². The molecule has 4 saturated heterocycles. The lowest BCUT2D eigenvalue weighted by atomic mass is 10.1. The van der Waals surface area contributed by atoms with Crippen molar-refractivity contribution < 1.29 is 28.5 Å². The van der Waals surface area contributed by atoms with Gasteiger partial charge in [0.1, 0.15) is 13.2 Å². The molecular weight excluding hydrogens is 240 g/mol. The first-order valence-corrected chi connectivity index (χ1v) is 6.27. The van der Waals surface area contributed by atoms with Crippen LogP contribution in [0.2, 0.25) is 0 Å². The minimum atomic E-state index is -0.197. The molecule has 0 saturated carbocycles. The number of rotatable bonds is 0. The maximum Gasteiger partial charge on any atom is 0.168 e. The summed E-state index contributed by atoms with van der Waals surface area (Å²) in [6.45, 7) is 1.88. The quantitative estimate of drug-likeness (QED) is 0.602. The van der Waals surface area contributed by atoms with Crippen molar-refractivity contribution in [1.82, 2.24) is 0 Å². The van der Waals surface area contributed by atoms with E-state index in [9.17, 15) is 9.59 Å². The highest BCUT2D eigenvalue weighted by atomic mass is 16.7. The van der Waals surface area contributed by atoms with E-state index in [-0.39, 0.29) is 49.2 Å². The van der Waals surface area contributed by atoms with E-state index in [1.807, 2.05) is 0 Å². The molecule has 18 heavy (non-hydrogen) atoms. The topological polar surface area (TPSA) is 71.1 Å². The molecule has 6 nitrogen and oxygen atoms in total. The molecule has 0 unspecified atom stereocenters. The van der Waals surface area contributed by atoms with E-state index < -0.39 is 0 Å². The van der Waals surface area contributed by atoms with E-state index in [0.717, 1.165) is 12.8 Å². The maximum absolute atomic E-state index is 10.9. The molecular formula is C12H16O6. The second-order valence-electron chi connectivity index (χ2n) is 4.82. The number of fused-ring (bicyclic) bond motifs is 2. The minimum absolute atomic E-state index is 0.0602. The average molecular weight is 256 g/mol. The molecule has 0 amide bonds. The van der Waals surface area contributed by atoms with Crippen LogP contribution in [0.4, 0.5) is 0 Å². The molecule has 100 valence electrons. The number of ketones is 2. The fourth-order valence-corrected chi connectivity index (χ4v) is 2.62. The summed E-state index contributed by atoms with van der Waals surface area (Å²) < 4.78 is 20.2. The highest BCUT2D eigenvalue weighted by molar-refractivity contribution is 5.84. The Morgan fingerprint density at radius 2 is 1.17 bits per heavy atom. The zero-order valence-electron chi connectivity index (χ0n) is 10.0. The van der Waals surface area contributed by atoms with Crippen molar-refractivity contribution in [1.29, 1.82) is 0 Å². The van der Waals surface area contributed by atoms with Gasteiger partial charge in [0.25, 0.3) is 0 Å². The van der Waals surface area contributed by atoms with Gasteiger partial charge in [0, 0.05) is 0 Å². The number of carbonyl (C=O) groups is 2. The van der Waals surface area contributed by atoms with E-state index >= 15 is 0 Å². The molecule has 0 radical (unpaired) electrons. The highest BCUT2D eigenvalue weighted by Crippen LogP contribution is 2.28. The first-order valence-electron chi connectivity index (χ1n) is 6.27. The van der Waals surface area contributed by atoms with Crippen molar-refractivity contribution in [2.45, 2.75) is 25.4 Å². The molecule has 4 heterocycles. The van der Waals surface area contributed by atoms with Crippen LogP contribution in [0.25, 0.3) is 0 Å². The van der Waals surface area contributed by atoms with E-state index in [4.69, 9.17) is 18.9 Å². The Morgan fingerprint density at radius 3 is 1.56 bits per heavy atom. The van der Waals surface area contributed by atoms with Crippen LogP contribution in [0, 0.1) is 11.8 Å². The lowest BCUT2D eigenvalue weighted by Crippen LogP contribution is -2.13. The molecule has 0 N–H and O–H groups in total. The second-order valence-corrected chi connectivity index (χ2v) is 4.82. The summed E-state index contributed by atoms with van der Waals surface area (Å²) in [7, 11) is 0. The zero-order chi connectivity index (χ0) is 12.5. The van der Waals surface area contributed by atoms with Gasteiger partial charge in [0.15, 0.2) is 24.1 Å². The Hall–Kier alpha value is -0.820. The van der Waals surface area contributed by atoms with Crippen molar-refractivity contribution in [2.75, 3.05) is 26.4 Å². The first kappa shape index (κ1) is 12.2. The molecule has 0 spiro atoms. The third-order valence-corrected chi connectivity index (χ3v) is 3.69. The van der Waals surface area contributed by atoms with Crippen LogP contribution in [0.1, 0.15) is 12.8 Å². The second kappa shape index (κ2) is 5.05. The van der Waals surface area contributed by atoms with Crippen LogP contribution >= 0.6 is 0 Å². The Balaban J connectivity index is 0.000000111. The van der Waals surface area contributed by atoms with Gasteiger partial charge in [0.05, 0.1) is 25.0 Å². The van der Waals surface area contributed by atoms with Crippen LogP contribution in [0.3, 0.4) is 0 Å². The smallest absolute Gasteiger partial charge is 0.168 e. The average Bonchev–Trinajstić information content (AvgIpc) is 3.06. The number of hydrogen-bond donors (Lipinski definition) is 0. The fourth-order valence-electron chi connectivity index (χ4n) is 2.62. The largest absolute Gasteiger partial charge is 0.352 e. The van der Waals surface area contributed by atoms with Gasteiger partial charge in [-0.1, -0.05) is 0 Å². The normalized spacial score (nSPS) is 41.6. The van der Waals surface area contributed by atoms with Crippen molar-refractivity contribution in [3.8, 4) is 0 Å². The molecule has 6 heteroatoms. The molecule has 4 aliphatic heterocycles. The zero-order valence-corrected chi connectivity index (χ0v) is 10.0. The van der Waals surface area contributed by atoms with Gasteiger partial charge >= 0.3 is 0 Å². The number of carbonyl (C=O) groups excluding carboxylic acids is 2. The summed E-state index contributed by atoms with van der Waals surface area (Å²) in [5.41, 5.74) is 0. The summed E-state index contributed by atoms with van der Waals surface area (Å²) in [6.07, 6.45) is 1.31. The van der Waals surface area contributed by atoms with E-state index in [0.29, 0.717) is 13.2 Å². The number of Topliss-reactive ketones (excluding diaryl/α,β-unsaturated/α-hetero) is 2. The fraction of sp³-hybridized carbons (Fsp3) is 0.833. The molecule has 0 bridgehead atoms. The van der Waals surface area contributed by atoms with Gasteiger partial charge in [-0.2, -0.15) is 0 Å². The monoisotopic (exact) mass is 256 g/mol. The lowest BCUT2D eigenvalue weighted by Gasteiger charge is -2.02. The van der Waals surface area contributed by atoms with Crippen molar-refractivity contribution >= 4 is 11.6 Å². The van der Waals surface area contributed by atoms with E-state index in [2.05, 4.69) is 0 Å². The summed E-state index contributed by atoms with van der Waals surface area (Å²) >= 11 is 0. The third-order valence-electron chi connectivity index (χ3n) is 3.69. The van der Waals surface area contributed by atoms with Crippen LogP contribution < -0.4 is 0 Å². The van der Waals surface area contributed by atoms with Gasteiger partial charge < -0.3 is 18.9 Å². The van der Waals surface area contributed by atoms with Crippen LogP contribution in [-0.4, -0.2) is 50.6 Å². The minimum Gasteiger partial charge on any atom is -0.352 e. The van der Waals surface area contributed by atoms with Crippen molar-refractivity contribution in [3.63, 3.8) is 0 Å². The molecule has 4 rings (SSSR count). The number of ether oxygens (including phenoxy) is 4. The predicted molar refractivity (Wildman–Crippen MR) is 57.6 cm³/mol. The summed E-state index contributed by atoms with van der Waals surface area (Å²) in [5, 5.41) is 0. The van der Waals surface area contributed by atoms with Crippen molar-refractivity contribution in [2.24, 2.45) is 11.8 Å². The van der Waals surface area contributed by atoms with Crippen molar-refractivity contribution in [3.05, 3.63) is 0 Å². The summed E-state index contributed by atoms with van der Waals surface area (Å²) in [4.78, 5) is 21.7. The molecule has 4 aliphatic rings. The standard InChI is InChI=1S/2C6H8O3/c2*7-5-3-9-6-4(5)1-2-8-6/h2*4,6H,1-3H2/t2*4-,6+/m10/s1. The molecule has 0 aromatic rings. The predicted octanol–water partition coefficient (Wildman–Crippen LogP) is -0.103. The van der Waals surface area contributed by atoms with Gasteiger partial charge in [-0.25, -0.2) is 0 Å². The molecule has 0 aromatic heterocycles. The Morgan fingerprint density at radius 1 is 0.722 bits per heavy atom. The third kappa shape index (κ3) is 2.21. The Kier molecular flexibility index (Phi) is 3.43. The van der Waals surface area contributed by atoms with Gasteiger partial charge in [-0.05, 0) is 12.8 Å². The van der Waals surface area contributed by atoms with Crippen LogP contribution in [0.5, 0.6) is 0 Å². The van der Waals surface area contributed by atoms with E-state index in [1.165, 1.54) is 0 Å². The molecule has 0 aromatic carbocycles. The summed E-state index contributed by atoms with van der Waals surface area (Å²) in [6, 6.07) is 0. The van der Waals surface area contributed by atoms with Crippen LogP contribution in [-0.2, 0) is 28.5 Å². The van der Waals surface area contributed by atoms with E-state index in [1.54, 1.807) is 0 Å². The van der Waals surface area contributed by atoms with Gasteiger partial charge in [-0.3, -0.25) is 9.59 Å². The lowest BCUT2D eigenvalue weighted by molar-refractivity contribution is -0.121. The molecule has 4 atom stereocenters. The first-order chi connectivity index (χ1) is 8.75. The SMILES string of the molecule is O=C1CO[C@@H]2OCC[C@H]12.O=C1CO[C@H]2OCC[C@@H]12.